The first-order chi connectivity index (χ1) is 5.13. The van der Waals surface area contributed by atoms with Crippen LogP contribution in [-0.4, -0.2) is 16.1 Å². The molecule has 0 heterocycles. The number of hydrogen-bond acceptors (Lipinski definition) is 2. The molecule has 0 amide bonds. The van der Waals surface area contributed by atoms with Gasteiger partial charge in [-0.3, -0.25) is 0 Å². The highest BCUT2D eigenvalue weighted by molar-refractivity contribution is 8.25. The molecule has 4 heteroatoms. The monoisotopic (exact) mass is 194 g/mol. The predicted molar refractivity (Wildman–Crippen MR) is 51.4 cm³/mol. The van der Waals surface area contributed by atoms with E-state index in [1.54, 1.807) is 6.92 Å². The zero-order chi connectivity index (χ0) is 8.69. The minimum absolute atomic E-state index is 0.242. The Hall–Kier alpha value is 0.200. The van der Waals surface area contributed by atoms with Gasteiger partial charge in [0.2, 0.25) is 0 Å². The third-order valence-corrected chi connectivity index (χ3v) is 2.49. The first kappa shape index (κ1) is 11.2. The fourth-order valence-corrected chi connectivity index (χ4v) is 1.58. The molecule has 0 saturated carbocycles. The highest BCUT2D eigenvalue weighted by Crippen LogP contribution is 2.00. The molecule has 1 atom stereocenters. The van der Waals surface area contributed by atoms with Crippen LogP contribution < -0.4 is 0 Å². The highest BCUT2D eigenvalue weighted by atomic mass is 32.8. The molecule has 0 aliphatic heterocycles. The first-order valence-electron chi connectivity index (χ1n) is 3.70. The molecule has 0 bridgehead atoms. The average Bonchev–Trinajstić information content (AvgIpc) is 1.85. The maximum Gasteiger partial charge on any atom is 0.129 e. The van der Waals surface area contributed by atoms with Crippen molar-refractivity contribution in [3.8, 4) is 0 Å². The zero-order valence-corrected chi connectivity index (χ0v) is 8.34. The van der Waals surface area contributed by atoms with Crippen LogP contribution in [0.4, 0.5) is 0 Å². The summed E-state index contributed by atoms with van der Waals surface area (Å²) in [5.74, 6) is 0.944. The number of rotatable bonds is 6. The molecular weight excluding hydrogens is 180 g/mol. The van der Waals surface area contributed by atoms with Crippen LogP contribution in [0.2, 0.25) is 0 Å². The van der Waals surface area contributed by atoms with E-state index in [1.807, 2.05) is 0 Å². The standard InChI is InChI=1S/C7H14O2S2/c1-7(8)5-3-2-4-6-11(9)10/h2-6H2,1H3,(H,9,10). The lowest BCUT2D eigenvalue weighted by atomic mass is 10.2. The van der Waals surface area contributed by atoms with Crippen molar-refractivity contribution >= 4 is 26.7 Å². The molecule has 0 aliphatic carbocycles. The van der Waals surface area contributed by atoms with Gasteiger partial charge in [-0.25, -0.2) is 0 Å². The molecule has 0 rings (SSSR count). The van der Waals surface area contributed by atoms with Crippen LogP contribution in [0.3, 0.4) is 0 Å². The summed E-state index contributed by atoms with van der Waals surface area (Å²) < 4.78 is 8.74. The summed E-state index contributed by atoms with van der Waals surface area (Å²) in [5, 5.41) is 0. The van der Waals surface area contributed by atoms with Crippen molar-refractivity contribution in [2.24, 2.45) is 0 Å². The van der Waals surface area contributed by atoms with Gasteiger partial charge in [0.25, 0.3) is 0 Å². The van der Waals surface area contributed by atoms with E-state index in [1.165, 1.54) is 0 Å². The van der Waals surface area contributed by atoms with Crippen LogP contribution in [0.5, 0.6) is 0 Å². The quantitative estimate of drug-likeness (QED) is 0.654. The maximum absolute atomic E-state index is 10.5. The molecule has 1 unspecified atom stereocenters. The molecule has 0 aliphatic rings. The van der Waals surface area contributed by atoms with Crippen molar-refractivity contribution in [3.05, 3.63) is 0 Å². The van der Waals surface area contributed by atoms with Crippen LogP contribution in [0, 0.1) is 0 Å². The fourth-order valence-electron chi connectivity index (χ4n) is 0.776. The number of Topliss-reactive ketones (excluding diaryl/α,β-unsaturated/α-hetero) is 1. The predicted octanol–water partition coefficient (Wildman–Crippen LogP) is 1.69. The summed E-state index contributed by atoms with van der Waals surface area (Å²) in [5.41, 5.74) is 0. The Kier molecular flexibility index (Phi) is 7.01. The van der Waals surface area contributed by atoms with Crippen LogP contribution in [0.1, 0.15) is 32.6 Å². The molecule has 0 saturated heterocycles. The fraction of sp³-hybridized carbons (Fsp3) is 0.857. The van der Waals surface area contributed by atoms with Crippen LogP contribution in [-0.2, 0) is 25.7 Å². The van der Waals surface area contributed by atoms with Crippen molar-refractivity contribution in [2.45, 2.75) is 32.6 Å². The van der Waals surface area contributed by atoms with E-state index in [9.17, 15) is 4.79 Å². The van der Waals surface area contributed by atoms with Gasteiger partial charge in [-0.1, -0.05) is 6.42 Å². The largest absolute Gasteiger partial charge is 0.327 e. The first-order valence-corrected chi connectivity index (χ1v) is 5.97. The van der Waals surface area contributed by atoms with Gasteiger partial charge in [-0.05, 0) is 31.0 Å². The van der Waals surface area contributed by atoms with Crippen LogP contribution in [0.25, 0.3) is 0 Å². The van der Waals surface area contributed by atoms with E-state index < -0.39 is 9.74 Å². The van der Waals surface area contributed by atoms with Gasteiger partial charge >= 0.3 is 0 Å². The lowest BCUT2D eigenvalue weighted by molar-refractivity contribution is -0.117. The molecule has 11 heavy (non-hydrogen) atoms. The number of unbranched alkanes of at least 4 members (excludes halogenated alkanes) is 2. The maximum atomic E-state index is 10.5. The van der Waals surface area contributed by atoms with E-state index in [0.29, 0.717) is 12.2 Å². The van der Waals surface area contributed by atoms with E-state index in [2.05, 4.69) is 11.2 Å². The molecule has 0 aromatic heterocycles. The molecule has 0 fully saturated rings. The van der Waals surface area contributed by atoms with Gasteiger partial charge in [0, 0.05) is 21.9 Å². The third-order valence-electron chi connectivity index (χ3n) is 1.35. The Bertz CT molecular complexity index is 129. The summed E-state index contributed by atoms with van der Waals surface area (Å²) in [6.07, 6.45) is 3.54. The lowest BCUT2D eigenvalue weighted by Gasteiger charge is -1.97. The molecule has 0 spiro atoms. The van der Waals surface area contributed by atoms with Gasteiger partial charge in [0.1, 0.15) is 5.78 Å². The van der Waals surface area contributed by atoms with Crippen LogP contribution >= 0.6 is 0 Å². The Labute approximate surface area is 74.8 Å². The molecule has 2 nitrogen and oxygen atoms in total. The second-order valence-corrected chi connectivity index (χ2v) is 4.74. The van der Waals surface area contributed by atoms with E-state index in [-0.39, 0.29) is 5.78 Å². The van der Waals surface area contributed by atoms with E-state index in [0.717, 1.165) is 19.3 Å². The van der Waals surface area contributed by atoms with Crippen LogP contribution in [0.15, 0.2) is 0 Å². The second kappa shape index (κ2) is 6.88. The number of hydrogen-bond donors (Lipinski definition) is 1. The van der Waals surface area contributed by atoms with Gasteiger partial charge in [0.05, 0.1) is 0 Å². The SMILES string of the molecule is CC(=O)CCCCCS(O)=S. The van der Waals surface area contributed by atoms with Gasteiger partial charge < -0.3 is 9.35 Å². The molecule has 1 N–H and O–H groups in total. The molecule has 0 aromatic rings. The minimum atomic E-state index is -0.831. The third kappa shape index (κ3) is 10.2. The van der Waals surface area contributed by atoms with Gasteiger partial charge in [-0.15, -0.1) is 0 Å². The topological polar surface area (TPSA) is 37.3 Å². The smallest absolute Gasteiger partial charge is 0.129 e. The number of ketones is 1. The minimum Gasteiger partial charge on any atom is -0.327 e. The Balaban J connectivity index is 3.03. The summed E-state index contributed by atoms with van der Waals surface area (Å²) in [4.78, 5) is 10.5. The van der Waals surface area contributed by atoms with Crippen molar-refractivity contribution in [1.82, 2.24) is 0 Å². The van der Waals surface area contributed by atoms with E-state index in [4.69, 9.17) is 4.55 Å². The Morgan fingerprint density at radius 2 is 2.09 bits per heavy atom. The normalized spacial score (nSPS) is 12.9. The highest BCUT2D eigenvalue weighted by Gasteiger charge is 1.94. The Morgan fingerprint density at radius 3 is 2.55 bits per heavy atom. The molecule has 0 aromatic carbocycles. The average molecular weight is 194 g/mol. The van der Waals surface area contributed by atoms with Crippen molar-refractivity contribution < 1.29 is 9.35 Å². The summed E-state index contributed by atoms with van der Waals surface area (Å²) in [6, 6.07) is 0. The molecule has 66 valence electrons. The molecule has 0 radical (unpaired) electrons. The van der Waals surface area contributed by atoms with Gasteiger partial charge in [-0.2, -0.15) is 0 Å². The number of carbonyl (C=O) groups excluding carboxylic acids is 1. The van der Waals surface area contributed by atoms with E-state index >= 15 is 0 Å². The summed E-state index contributed by atoms with van der Waals surface area (Å²) >= 11 is 4.60. The lowest BCUT2D eigenvalue weighted by Crippen LogP contribution is -1.94. The zero-order valence-electron chi connectivity index (χ0n) is 6.71. The Morgan fingerprint density at radius 1 is 1.45 bits per heavy atom. The summed E-state index contributed by atoms with van der Waals surface area (Å²) in [7, 11) is -0.831. The van der Waals surface area contributed by atoms with Crippen molar-refractivity contribution in [3.63, 3.8) is 0 Å². The number of carbonyl (C=O) groups is 1. The molecular formula is C7H14O2S2. The van der Waals surface area contributed by atoms with Gasteiger partial charge in [0.15, 0.2) is 0 Å². The second-order valence-electron chi connectivity index (χ2n) is 2.54. The van der Waals surface area contributed by atoms with Crippen molar-refractivity contribution in [2.75, 3.05) is 5.75 Å². The van der Waals surface area contributed by atoms with Crippen molar-refractivity contribution in [1.29, 1.82) is 0 Å². The summed E-state index contributed by atoms with van der Waals surface area (Å²) in [6.45, 7) is 1.60.